The van der Waals surface area contributed by atoms with E-state index in [2.05, 4.69) is 30.3 Å². The number of allylic oxidation sites excluding steroid dienone is 2. The van der Waals surface area contributed by atoms with Gasteiger partial charge in [0, 0.05) is 0 Å². The fourth-order valence-corrected chi connectivity index (χ4v) is 8.29. The van der Waals surface area contributed by atoms with E-state index >= 15 is 0 Å². The van der Waals surface area contributed by atoms with Crippen LogP contribution in [-0.2, 0) is 0 Å². The van der Waals surface area contributed by atoms with Gasteiger partial charge >= 0.3 is 0 Å². The lowest BCUT2D eigenvalue weighted by Gasteiger charge is -2.35. The van der Waals surface area contributed by atoms with E-state index in [0.29, 0.717) is 5.75 Å². The van der Waals surface area contributed by atoms with Gasteiger partial charge in [0.05, 0.1) is 12.7 Å². The zero-order chi connectivity index (χ0) is 19.3. The van der Waals surface area contributed by atoms with E-state index in [0.717, 1.165) is 22.5 Å². The van der Waals surface area contributed by atoms with Crippen LogP contribution in [0.25, 0.3) is 11.1 Å². The first-order valence-electron chi connectivity index (χ1n) is 10.7. The van der Waals surface area contributed by atoms with E-state index in [1.807, 2.05) is 12.1 Å². The van der Waals surface area contributed by atoms with Crippen molar-refractivity contribution in [3.63, 3.8) is 0 Å². The number of benzene rings is 2. The van der Waals surface area contributed by atoms with Gasteiger partial charge in [0.1, 0.15) is 11.5 Å². The predicted molar refractivity (Wildman–Crippen MR) is 120 cm³/mol. The van der Waals surface area contributed by atoms with Gasteiger partial charge in [-0.05, 0) is 80.4 Å². The van der Waals surface area contributed by atoms with E-state index in [1.54, 1.807) is 18.5 Å². The Balaban J connectivity index is 1.85. The van der Waals surface area contributed by atoms with E-state index < -0.39 is 0 Å². The Hall–Kier alpha value is -1.79. The summed E-state index contributed by atoms with van der Waals surface area (Å²) in [6, 6.07) is 14.3. The van der Waals surface area contributed by atoms with E-state index in [9.17, 15) is 5.11 Å². The summed E-state index contributed by atoms with van der Waals surface area (Å²) < 4.78 is 5.64. The van der Waals surface area contributed by atoms with Crippen LogP contribution >= 0.6 is 7.92 Å². The molecule has 0 saturated heterocycles. The van der Waals surface area contributed by atoms with Crippen LogP contribution in [0.5, 0.6) is 11.5 Å². The van der Waals surface area contributed by atoms with Gasteiger partial charge in [-0.25, -0.2) is 0 Å². The molecule has 0 heterocycles. The minimum Gasteiger partial charge on any atom is -0.507 e. The van der Waals surface area contributed by atoms with Gasteiger partial charge in [-0.1, -0.05) is 55.7 Å². The number of phenols is 1. The highest BCUT2D eigenvalue weighted by atomic mass is 31.1. The Kier molecular flexibility index (Phi) is 6.37. The molecule has 0 bridgehead atoms. The summed E-state index contributed by atoms with van der Waals surface area (Å²) in [6.45, 7) is 0. The zero-order valence-corrected chi connectivity index (χ0v) is 17.8. The maximum atomic E-state index is 10.7. The van der Waals surface area contributed by atoms with Crippen molar-refractivity contribution < 1.29 is 9.84 Å². The summed E-state index contributed by atoms with van der Waals surface area (Å²) in [5.74, 6) is 1.06. The number of methoxy groups -OCH3 is 1. The van der Waals surface area contributed by atoms with Crippen molar-refractivity contribution in [2.45, 2.75) is 63.4 Å². The summed E-state index contributed by atoms with van der Waals surface area (Å²) in [4.78, 5) is 0. The van der Waals surface area contributed by atoms with Crippen LogP contribution in [0.1, 0.15) is 57.8 Å². The molecule has 1 saturated carbocycles. The van der Waals surface area contributed by atoms with Gasteiger partial charge in [-0.15, -0.1) is 0 Å². The van der Waals surface area contributed by atoms with Gasteiger partial charge in [-0.3, -0.25) is 0 Å². The third-order valence-corrected chi connectivity index (χ3v) is 9.35. The monoisotopic (exact) mass is 394 g/mol. The molecule has 148 valence electrons. The molecular weight excluding hydrogens is 363 g/mol. The molecule has 0 radical (unpaired) electrons. The normalized spacial score (nSPS) is 19.1. The number of hydrogen-bond donors (Lipinski definition) is 1. The number of ether oxygens (including phenoxy) is 1. The molecular formula is C25H31O2P. The quantitative estimate of drug-likeness (QED) is 0.555. The maximum Gasteiger partial charge on any atom is 0.130 e. The van der Waals surface area contributed by atoms with Crippen molar-refractivity contribution in [2.24, 2.45) is 0 Å². The average Bonchev–Trinajstić information content (AvgIpc) is 2.76. The van der Waals surface area contributed by atoms with Gasteiger partial charge < -0.3 is 9.84 Å². The fourth-order valence-electron chi connectivity index (χ4n) is 4.82. The molecule has 2 aromatic rings. The standard InChI is InChI=1S/C25H31O2P/c1-27-23-17-10-16-22(26)25(23)21-15-8-9-18-24(21)28(19-11-4-2-5-12-19)20-13-6-3-7-14-20/h8-11,15-18,20,26H,2-7,12-14H2,1H3. The highest BCUT2D eigenvalue weighted by Crippen LogP contribution is 2.57. The number of aromatic hydroxyl groups is 1. The number of phenolic OH excluding ortho intramolecular Hbond substituents is 1. The highest BCUT2D eigenvalue weighted by Gasteiger charge is 2.30. The van der Waals surface area contributed by atoms with Gasteiger partial charge in [0.2, 0.25) is 0 Å². The first-order chi connectivity index (χ1) is 13.8. The molecule has 1 N–H and O–H groups in total. The Morgan fingerprint density at radius 3 is 2.50 bits per heavy atom. The molecule has 2 nitrogen and oxygen atoms in total. The molecule has 1 fully saturated rings. The summed E-state index contributed by atoms with van der Waals surface area (Å²) in [7, 11) is 1.32. The average molecular weight is 394 g/mol. The molecule has 2 aromatic carbocycles. The molecule has 0 spiro atoms. The van der Waals surface area contributed by atoms with Crippen molar-refractivity contribution in [2.75, 3.05) is 7.11 Å². The van der Waals surface area contributed by atoms with Crippen LogP contribution in [0, 0.1) is 0 Å². The topological polar surface area (TPSA) is 29.5 Å². The minimum absolute atomic E-state index is 0.308. The van der Waals surface area contributed by atoms with Crippen LogP contribution in [0.4, 0.5) is 0 Å². The summed E-state index contributed by atoms with van der Waals surface area (Å²) in [5, 5.41) is 13.8. The lowest BCUT2D eigenvalue weighted by atomic mass is 10.0. The Bertz CT molecular complexity index is 836. The molecule has 4 rings (SSSR count). The first kappa shape index (κ1) is 19.5. The lowest BCUT2D eigenvalue weighted by Crippen LogP contribution is -2.20. The van der Waals surface area contributed by atoms with Crippen LogP contribution in [-0.4, -0.2) is 17.9 Å². The van der Waals surface area contributed by atoms with Gasteiger partial charge in [0.15, 0.2) is 0 Å². The van der Waals surface area contributed by atoms with Crippen molar-refractivity contribution in [1.82, 2.24) is 0 Å². The van der Waals surface area contributed by atoms with Gasteiger partial charge in [0.25, 0.3) is 0 Å². The molecule has 3 heteroatoms. The molecule has 2 aliphatic carbocycles. The lowest BCUT2D eigenvalue weighted by molar-refractivity contribution is 0.410. The van der Waals surface area contributed by atoms with Crippen molar-refractivity contribution in [3.05, 3.63) is 53.9 Å². The predicted octanol–water partition coefficient (Wildman–Crippen LogP) is 6.97. The molecule has 0 aromatic heterocycles. The van der Waals surface area contributed by atoms with Crippen LogP contribution in [0.3, 0.4) is 0 Å². The summed E-state index contributed by atoms with van der Waals surface area (Å²) in [6.07, 6.45) is 14.4. The third kappa shape index (κ3) is 3.98. The Labute approximate surface area is 170 Å². The van der Waals surface area contributed by atoms with E-state index in [4.69, 9.17) is 4.74 Å². The third-order valence-electron chi connectivity index (χ3n) is 6.17. The second-order valence-electron chi connectivity index (χ2n) is 7.97. The molecule has 1 atom stereocenters. The molecule has 1 unspecified atom stereocenters. The molecule has 2 aliphatic rings. The smallest absolute Gasteiger partial charge is 0.130 e. The number of rotatable bonds is 5. The maximum absolute atomic E-state index is 10.7. The summed E-state index contributed by atoms with van der Waals surface area (Å²) in [5.41, 5.74) is 2.77. The largest absolute Gasteiger partial charge is 0.507 e. The van der Waals surface area contributed by atoms with Crippen LogP contribution in [0.15, 0.2) is 53.9 Å². The second-order valence-corrected chi connectivity index (χ2v) is 10.5. The molecule has 0 amide bonds. The second kappa shape index (κ2) is 9.14. The summed E-state index contributed by atoms with van der Waals surface area (Å²) >= 11 is 0. The highest BCUT2D eigenvalue weighted by molar-refractivity contribution is 7.70. The van der Waals surface area contributed by atoms with Crippen molar-refractivity contribution in [1.29, 1.82) is 0 Å². The SMILES string of the molecule is COc1cccc(O)c1-c1ccccc1P(C1=CCCCC1)C1CCCCC1. The van der Waals surface area contributed by atoms with Crippen molar-refractivity contribution >= 4 is 13.2 Å². The fraction of sp³-hybridized carbons (Fsp3) is 0.440. The first-order valence-corrected chi connectivity index (χ1v) is 12.1. The number of hydrogen-bond acceptors (Lipinski definition) is 2. The van der Waals surface area contributed by atoms with Gasteiger partial charge in [-0.2, -0.15) is 0 Å². The Morgan fingerprint density at radius 2 is 1.75 bits per heavy atom. The minimum atomic E-state index is -0.372. The van der Waals surface area contributed by atoms with E-state index in [1.165, 1.54) is 63.1 Å². The van der Waals surface area contributed by atoms with E-state index in [-0.39, 0.29) is 7.92 Å². The molecule has 0 aliphatic heterocycles. The zero-order valence-electron chi connectivity index (χ0n) is 16.9. The molecule has 28 heavy (non-hydrogen) atoms. The van der Waals surface area contributed by atoms with Crippen LogP contribution in [0.2, 0.25) is 0 Å². The van der Waals surface area contributed by atoms with Crippen molar-refractivity contribution in [3.8, 4) is 22.6 Å². The Morgan fingerprint density at radius 1 is 0.929 bits per heavy atom. The van der Waals surface area contributed by atoms with Crippen LogP contribution < -0.4 is 10.0 Å².